The van der Waals surface area contributed by atoms with E-state index in [0.29, 0.717) is 5.75 Å². The number of carbonyl (C=O) groups excluding carboxylic acids is 2. The number of benzene rings is 1. The van der Waals surface area contributed by atoms with Gasteiger partial charge in [0.2, 0.25) is 0 Å². The van der Waals surface area contributed by atoms with Gasteiger partial charge in [-0.3, -0.25) is 4.98 Å². The zero-order valence-electron chi connectivity index (χ0n) is 18.9. The number of pyridine rings is 1. The van der Waals surface area contributed by atoms with Crippen molar-refractivity contribution in [1.29, 1.82) is 0 Å². The van der Waals surface area contributed by atoms with Crippen molar-refractivity contribution >= 4 is 23.2 Å². The molecular formula is C24H30N2O6. The highest BCUT2D eigenvalue weighted by Gasteiger charge is 2.44. The minimum absolute atomic E-state index is 0.0450. The van der Waals surface area contributed by atoms with E-state index in [9.17, 15) is 9.59 Å². The van der Waals surface area contributed by atoms with Crippen LogP contribution in [0.1, 0.15) is 58.1 Å². The maximum atomic E-state index is 12.1. The van der Waals surface area contributed by atoms with Crippen LogP contribution < -0.4 is 10.1 Å². The number of fused-ring (bicyclic) bond motifs is 1. The highest BCUT2D eigenvalue weighted by Crippen LogP contribution is 2.42. The van der Waals surface area contributed by atoms with Gasteiger partial charge in [-0.15, -0.1) is 0 Å². The van der Waals surface area contributed by atoms with Crippen molar-refractivity contribution < 1.29 is 28.5 Å². The number of carbonyl (C=O) groups is 2. The van der Waals surface area contributed by atoms with Crippen LogP contribution >= 0.6 is 0 Å². The topological polar surface area (TPSA) is 96.0 Å². The highest BCUT2D eigenvalue weighted by atomic mass is 16.8. The summed E-state index contributed by atoms with van der Waals surface area (Å²) in [4.78, 5) is 28.7. The normalized spacial score (nSPS) is 25.7. The average molecular weight is 443 g/mol. The molecule has 1 saturated heterocycles. The van der Waals surface area contributed by atoms with Gasteiger partial charge in [-0.1, -0.05) is 12.1 Å². The predicted molar refractivity (Wildman–Crippen MR) is 118 cm³/mol. The molecule has 1 aromatic carbocycles. The first-order valence-electron chi connectivity index (χ1n) is 11.0. The summed E-state index contributed by atoms with van der Waals surface area (Å²) in [5.74, 6) is 0.775. The molecular weight excluding hydrogens is 412 g/mol. The van der Waals surface area contributed by atoms with Gasteiger partial charge in [0.05, 0.1) is 18.8 Å². The number of hydrogen-bond donors (Lipinski definition) is 1. The molecule has 2 unspecified atom stereocenters. The first kappa shape index (κ1) is 22.2. The van der Waals surface area contributed by atoms with E-state index in [4.69, 9.17) is 18.9 Å². The number of rotatable bonds is 4. The second kappa shape index (κ2) is 8.84. The van der Waals surface area contributed by atoms with Gasteiger partial charge >= 0.3 is 12.2 Å². The average Bonchev–Trinajstić information content (AvgIpc) is 3.13. The minimum Gasteiger partial charge on any atom is -0.495 e. The van der Waals surface area contributed by atoms with Crippen molar-refractivity contribution in [3.8, 4) is 5.75 Å². The zero-order valence-corrected chi connectivity index (χ0v) is 18.9. The molecule has 32 heavy (non-hydrogen) atoms. The van der Waals surface area contributed by atoms with E-state index >= 15 is 0 Å². The number of cyclic esters (lactones) is 2. The molecule has 1 aliphatic carbocycles. The lowest BCUT2D eigenvalue weighted by Crippen LogP contribution is -2.42. The summed E-state index contributed by atoms with van der Waals surface area (Å²) in [5, 5.41) is 3.83. The van der Waals surface area contributed by atoms with Gasteiger partial charge in [-0.05, 0) is 58.6 Å². The van der Waals surface area contributed by atoms with Crippen molar-refractivity contribution in [2.24, 2.45) is 5.92 Å². The van der Waals surface area contributed by atoms with Crippen LogP contribution in [0.2, 0.25) is 0 Å². The van der Waals surface area contributed by atoms with Crippen LogP contribution in [0.25, 0.3) is 10.9 Å². The zero-order chi connectivity index (χ0) is 22.9. The van der Waals surface area contributed by atoms with Gasteiger partial charge in [0, 0.05) is 22.9 Å². The molecule has 172 valence electrons. The molecule has 8 nitrogen and oxygen atoms in total. The third-order valence-corrected chi connectivity index (χ3v) is 5.99. The molecule has 1 saturated carbocycles. The van der Waals surface area contributed by atoms with Crippen LogP contribution in [0, 0.1) is 5.92 Å². The van der Waals surface area contributed by atoms with Gasteiger partial charge in [-0.2, -0.15) is 0 Å². The quantitative estimate of drug-likeness (QED) is 0.673. The Morgan fingerprint density at radius 1 is 1.16 bits per heavy atom. The van der Waals surface area contributed by atoms with Crippen molar-refractivity contribution in [2.75, 3.05) is 7.11 Å². The number of nitrogens with zero attached hydrogens (tertiary/aromatic N) is 1. The summed E-state index contributed by atoms with van der Waals surface area (Å²) in [7, 11) is 1.59. The third-order valence-electron chi connectivity index (χ3n) is 5.99. The Morgan fingerprint density at radius 2 is 1.91 bits per heavy atom. The van der Waals surface area contributed by atoms with E-state index in [1.165, 1.54) is 0 Å². The fourth-order valence-electron chi connectivity index (χ4n) is 4.53. The molecule has 2 aliphatic rings. The van der Waals surface area contributed by atoms with Crippen LogP contribution in [0.15, 0.2) is 30.5 Å². The Morgan fingerprint density at radius 3 is 2.59 bits per heavy atom. The molecule has 8 heteroatoms. The van der Waals surface area contributed by atoms with Gasteiger partial charge < -0.3 is 24.3 Å². The van der Waals surface area contributed by atoms with E-state index in [1.807, 2.05) is 45.0 Å². The van der Waals surface area contributed by atoms with Crippen molar-refractivity contribution in [3.05, 3.63) is 36.0 Å². The molecule has 0 bridgehead atoms. The largest absolute Gasteiger partial charge is 0.509 e. The van der Waals surface area contributed by atoms with Crippen LogP contribution in [-0.2, 0) is 14.2 Å². The molecule has 0 radical (unpaired) electrons. The van der Waals surface area contributed by atoms with E-state index in [2.05, 4.69) is 10.3 Å². The van der Waals surface area contributed by atoms with Crippen molar-refractivity contribution in [1.82, 2.24) is 10.3 Å². The molecule has 1 aromatic heterocycles. The summed E-state index contributed by atoms with van der Waals surface area (Å²) in [6, 6.07) is 7.71. The lowest BCUT2D eigenvalue weighted by molar-refractivity contribution is 0.0436. The van der Waals surface area contributed by atoms with Crippen LogP contribution in [0.4, 0.5) is 9.59 Å². The fourth-order valence-corrected chi connectivity index (χ4v) is 4.53. The van der Waals surface area contributed by atoms with Crippen molar-refractivity contribution in [3.63, 3.8) is 0 Å². The van der Waals surface area contributed by atoms with E-state index in [1.54, 1.807) is 13.3 Å². The Labute approximate surface area is 187 Å². The minimum atomic E-state index is -0.651. The molecule has 1 aliphatic heterocycles. The Balaban J connectivity index is 1.47. The fraction of sp³-hybridized carbons (Fsp3) is 0.542. The number of amides is 1. The lowest BCUT2D eigenvalue weighted by atomic mass is 9.79. The number of ether oxygens (including phenoxy) is 4. The molecule has 2 heterocycles. The van der Waals surface area contributed by atoms with E-state index < -0.39 is 24.0 Å². The number of methoxy groups -OCH3 is 1. The van der Waals surface area contributed by atoms with Crippen molar-refractivity contribution in [2.45, 2.75) is 70.3 Å². The van der Waals surface area contributed by atoms with Gasteiger partial charge in [0.1, 0.15) is 17.5 Å². The summed E-state index contributed by atoms with van der Waals surface area (Å²) < 4.78 is 21.9. The molecule has 4 rings (SSSR count). The third kappa shape index (κ3) is 4.89. The van der Waals surface area contributed by atoms with Crippen LogP contribution in [-0.4, -0.2) is 42.1 Å². The van der Waals surface area contributed by atoms with Gasteiger partial charge in [0.15, 0.2) is 6.10 Å². The predicted octanol–water partition coefficient (Wildman–Crippen LogP) is 4.90. The highest BCUT2D eigenvalue weighted by molar-refractivity contribution is 5.84. The Kier molecular flexibility index (Phi) is 6.13. The summed E-state index contributed by atoms with van der Waals surface area (Å²) in [5.41, 5.74) is 1.13. The standard InChI is InChI=1S/C24H30N2O6/c1-24(2,3)32-22(27)26-15-10-8-14(9-11-15)20-21(31-23(28)30-20)17-6-5-7-19-18(17)12-16(29-4)13-25-19/h5-7,12-15,20-21H,8-11H2,1-4H3,(H,26,27). The smallest absolute Gasteiger partial charge is 0.495 e. The monoisotopic (exact) mass is 442 g/mol. The van der Waals surface area contributed by atoms with E-state index in [0.717, 1.165) is 42.1 Å². The maximum Gasteiger partial charge on any atom is 0.509 e. The summed E-state index contributed by atoms with van der Waals surface area (Å²) in [6.07, 6.45) is 2.91. The molecule has 2 atom stereocenters. The van der Waals surface area contributed by atoms with Crippen LogP contribution in [0.5, 0.6) is 5.75 Å². The Bertz CT molecular complexity index is 994. The molecule has 2 aromatic rings. The van der Waals surface area contributed by atoms with E-state index in [-0.39, 0.29) is 18.1 Å². The molecule has 1 N–H and O–H groups in total. The number of alkyl carbamates (subject to hydrolysis) is 1. The van der Waals surface area contributed by atoms with Gasteiger partial charge in [-0.25, -0.2) is 9.59 Å². The first-order chi connectivity index (χ1) is 15.2. The second-order valence-electron chi connectivity index (χ2n) is 9.42. The molecule has 2 fully saturated rings. The number of nitrogens with one attached hydrogen (secondary N) is 1. The SMILES string of the molecule is COc1cnc2cccc(C3OC(=O)OC3C3CCC(NC(=O)OC(C)(C)C)CC3)c2c1. The molecule has 1 amide bonds. The summed E-state index contributed by atoms with van der Waals surface area (Å²) >= 11 is 0. The second-order valence-corrected chi connectivity index (χ2v) is 9.42. The van der Waals surface area contributed by atoms with Crippen LogP contribution in [0.3, 0.4) is 0 Å². The summed E-state index contributed by atoms with van der Waals surface area (Å²) in [6.45, 7) is 5.53. The molecule has 0 spiro atoms. The Hall–Kier alpha value is -3.03. The number of hydrogen-bond acceptors (Lipinski definition) is 7. The first-order valence-corrected chi connectivity index (χ1v) is 11.0. The lowest BCUT2D eigenvalue weighted by Gasteiger charge is -2.33. The maximum absolute atomic E-state index is 12.1. The number of aromatic nitrogens is 1. The van der Waals surface area contributed by atoms with Gasteiger partial charge in [0.25, 0.3) is 0 Å².